The van der Waals surface area contributed by atoms with Gasteiger partial charge in [-0.2, -0.15) is 0 Å². The molecule has 5 aliphatic heterocycles. The zero-order chi connectivity index (χ0) is 79.7. The maximum absolute atomic E-state index is 15.5. The van der Waals surface area contributed by atoms with Crippen LogP contribution in [0.2, 0.25) is 0 Å². The van der Waals surface area contributed by atoms with Gasteiger partial charge in [0, 0.05) is 27.4 Å². The lowest BCUT2D eigenvalue weighted by molar-refractivity contribution is -0.371. The van der Waals surface area contributed by atoms with Crippen LogP contribution >= 0.6 is 0 Å². The molecule has 4 saturated heterocycles. The molecule has 3 amide bonds. The number of aliphatic hydroxyl groups excluding tert-OH is 3. The molecule has 0 aromatic heterocycles. The number of amides is 3. The van der Waals surface area contributed by atoms with Gasteiger partial charge in [0.15, 0.2) is 31.3 Å². The molecule has 0 bridgehead atoms. The van der Waals surface area contributed by atoms with Gasteiger partial charge in [-0.05, 0) is 51.9 Å². The lowest BCUT2D eigenvalue weighted by Crippen LogP contribution is -2.70. The standard InChI is InChI=1S/C88H104N2O24/c1-5-6-7-8-9-30-45-101-85-71(89-56(2)91)74(95)76(113-88-82(106-51-64-41-26-15-27-42-64)81(105-50-63-39-24-14-25-40-63)77(103-48-61-35-20-12-21-36-61)68(112-88)52-99-46-59-31-16-10-17-32-59)70(110-85)55-107-86-72(90-83(97)65-43-28-29-44-66(65)84(90)98)79(104-49-62-37-22-13-23-38-62)78(69(111-86)53-100-47-60-33-18-11-19-34-60)114-87-80(108-58(4)93)75(96)73(94)67(109-87)54-102-57(3)92/h10-29,31-44,67-82,85-88,94-96H,5-9,30,45-55H2,1-4H3,(H,89,91)/t67-,68-,69-,70-,71-,72-,73+,74-,75+,76+,77+,78-,79-,80-,81+,82-,85+,86-,87+,88+/m1/s1. The summed E-state index contributed by atoms with van der Waals surface area (Å²) in [6.07, 6.45) is -21.6. The summed E-state index contributed by atoms with van der Waals surface area (Å²) in [4.78, 5) is 71.1. The summed E-state index contributed by atoms with van der Waals surface area (Å²) in [6.45, 7) is 4.30. The van der Waals surface area contributed by atoms with Gasteiger partial charge in [0.1, 0.15) is 98.0 Å². The van der Waals surface area contributed by atoms with E-state index in [0.29, 0.717) is 12.0 Å². The summed E-state index contributed by atoms with van der Waals surface area (Å²) >= 11 is 0. The van der Waals surface area contributed by atoms with Gasteiger partial charge in [-0.1, -0.05) is 233 Å². The van der Waals surface area contributed by atoms with E-state index in [0.717, 1.165) is 78.7 Å². The number of esters is 2. The number of imide groups is 1. The van der Waals surface area contributed by atoms with Crippen molar-refractivity contribution in [1.29, 1.82) is 0 Å². The van der Waals surface area contributed by atoms with Crippen LogP contribution in [0.3, 0.4) is 0 Å². The highest BCUT2D eigenvalue weighted by Gasteiger charge is 2.60. The molecule has 26 nitrogen and oxygen atoms in total. The number of nitrogens with zero attached hydrogens (tertiary/aromatic N) is 1. The van der Waals surface area contributed by atoms with Crippen molar-refractivity contribution in [2.24, 2.45) is 0 Å². The highest BCUT2D eigenvalue weighted by atomic mass is 16.8. The number of benzene rings is 7. The van der Waals surface area contributed by atoms with Gasteiger partial charge in [0.05, 0.1) is 70.6 Å². The zero-order valence-electron chi connectivity index (χ0n) is 64.6. The molecule has 4 N–H and O–H groups in total. The monoisotopic (exact) mass is 1570 g/mol. The third-order valence-electron chi connectivity index (χ3n) is 20.5. The van der Waals surface area contributed by atoms with Crippen molar-refractivity contribution in [3.63, 3.8) is 0 Å². The van der Waals surface area contributed by atoms with E-state index in [1.807, 2.05) is 158 Å². The fraction of sp³-hybridized carbons (Fsp3) is 0.466. The second-order valence-electron chi connectivity index (χ2n) is 29.0. The van der Waals surface area contributed by atoms with Crippen LogP contribution in [-0.2, 0) is 130 Å². The Hall–Kier alpha value is -8.59. The number of carbonyl (C=O) groups excluding carboxylic acids is 5. The van der Waals surface area contributed by atoms with E-state index in [1.165, 1.54) is 19.1 Å². The third-order valence-corrected chi connectivity index (χ3v) is 20.5. The quantitative estimate of drug-likeness (QED) is 0.0158. The van der Waals surface area contributed by atoms with E-state index in [-0.39, 0.29) is 70.6 Å². The lowest BCUT2D eigenvalue weighted by Gasteiger charge is -2.51. The van der Waals surface area contributed by atoms with Crippen molar-refractivity contribution < 1.29 is 115 Å². The highest BCUT2D eigenvalue weighted by Crippen LogP contribution is 2.41. The Labute approximate surface area is 664 Å². The van der Waals surface area contributed by atoms with Crippen LogP contribution in [-0.4, -0.2) is 206 Å². The van der Waals surface area contributed by atoms with Crippen LogP contribution in [0, 0.1) is 0 Å². The number of hydrogen-bond acceptors (Lipinski definition) is 24. The summed E-state index contributed by atoms with van der Waals surface area (Å²) < 4.78 is 109. The molecular formula is C88H104N2O24. The van der Waals surface area contributed by atoms with Crippen molar-refractivity contribution in [3.8, 4) is 0 Å². The van der Waals surface area contributed by atoms with Crippen molar-refractivity contribution in [3.05, 3.63) is 251 Å². The SMILES string of the molecule is CCCCCCCCO[C@H]1O[C@H](CO[C@@H]2O[C@H](COCc3ccccc3)[C@@H](O[C@@H]3O[C@H](COC(C)=O)[C@H](O)[C@H](O)[C@H]3OC(C)=O)[C@H](OCc3ccccc3)[C@H]2N2C(=O)c3ccccc3C2=O)[C@H](O[C@@H]2O[C@H](COCc3ccccc3)[C@H](OCc3ccccc3)[C@H](OCc3ccccc3)[C@H]2OCc2ccccc2)[C@H](O)[C@H]1NC(C)=O. The fourth-order valence-electron chi connectivity index (χ4n) is 14.8. The minimum absolute atomic E-state index is 0.000972. The van der Waals surface area contributed by atoms with Crippen LogP contribution in [0.5, 0.6) is 0 Å². The molecule has 12 rings (SSSR count). The Morgan fingerprint density at radius 3 is 1.29 bits per heavy atom. The molecule has 0 spiro atoms. The number of nitrogens with one attached hydrogen (secondary N) is 1. The smallest absolute Gasteiger partial charge is 0.303 e. The van der Waals surface area contributed by atoms with E-state index in [4.69, 9.17) is 75.8 Å². The third kappa shape index (κ3) is 22.9. The predicted octanol–water partition coefficient (Wildman–Crippen LogP) is 9.57. The minimum atomic E-state index is -1.92. The first kappa shape index (κ1) is 84.8. The second kappa shape index (κ2) is 42.9. The van der Waals surface area contributed by atoms with Gasteiger partial charge in [0.25, 0.3) is 11.8 Å². The molecular weight excluding hydrogens is 1470 g/mol. The first-order valence-corrected chi connectivity index (χ1v) is 39.2. The predicted molar refractivity (Wildman–Crippen MR) is 410 cm³/mol. The number of carbonyl (C=O) groups is 5. The summed E-state index contributed by atoms with van der Waals surface area (Å²) in [6, 6.07) is 59.9. The molecule has 5 heterocycles. The average Bonchev–Trinajstić information content (AvgIpc) is 1.50. The number of rotatable bonds is 40. The molecule has 4 fully saturated rings. The zero-order valence-corrected chi connectivity index (χ0v) is 64.6. The molecule has 7 aromatic rings. The number of hydrogen-bond donors (Lipinski definition) is 4. The molecule has 610 valence electrons. The van der Waals surface area contributed by atoms with Gasteiger partial charge in [-0.3, -0.25) is 28.9 Å². The van der Waals surface area contributed by atoms with Crippen molar-refractivity contribution in [1.82, 2.24) is 10.2 Å². The number of ether oxygens (including phenoxy) is 16. The second-order valence-corrected chi connectivity index (χ2v) is 29.0. The molecule has 5 aliphatic rings. The molecule has 0 radical (unpaired) electrons. The van der Waals surface area contributed by atoms with E-state index in [1.54, 1.807) is 36.4 Å². The normalized spacial score (nSPS) is 28.2. The van der Waals surface area contributed by atoms with Crippen LogP contribution < -0.4 is 5.32 Å². The first-order valence-electron chi connectivity index (χ1n) is 39.2. The summed E-state index contributed by atoms with van der Waals surface area (Å²) in [7, 11) is 0. The van der Waals surface area contributed by atoms with Gasteiger partial charge in [0.2, 0.25) is 5.91 Å². The lowest BCUT2D eigenvalue weighted by atomic mass is 9.93. The maximum Gasteiger partial charge on any atom is 0.303 e. The number of unbranched alkanes of at least 4 members (excludes halogenated alkanes) is 5. The van der Waals surface area contributed by atoms with Gasteiger partial charge < -0.3 is 96.4 Å². The largest absolute Gasteiger partial charge is 0.463 e. The Bertz CT molecular complexity index is 4050. The van der Waals surface area contributed by atoms with Crippen molar-refractivity contribution in [2.45, 2.75) is 229 Å². The molecule has 7 aromatic carbocycles. The molecule has 26 heteroatoms. The molecule has 0 aliphatic carbocycles. The summed E-state index contributed by atoms with van der Waals surface area (Å²) in [5.74, 6) is -3.74. The first-order chi connectivity index (χ1) is 55.6. The molecule has 20 atom stereocenters. The average molecular weight is 1570 g/mol. The topological polar surface area (TPSA) is 309 Å². The summed E-state index contributed by atoms with van der Waals surface area (Å²) in [5, 5.41) is 39.9. The minimum Gasteiger partial charge on any atom is -0.463 e. The molecule has 114 heavy (non-hydrogen) atoms. The number of fused-ring (bicyclic) bond motifs is 1. The van der Waals surface area contributed by atoms with Crippen LogP contribution in [0.4, 0.5) is 0 Å². The Morgan fingerprint density at radius 2 is 0.789 bits per heavy atom. The van der Waals surface area contributed by atoms with E-state index < -0.39 is 166 Å². The van der Waals surface area contributed by atoms with Gasteiger partial charge in [-0.15, -0.1) is 0 Å². The Balaban J connectivity index is 0.973. The van der Waals surface area contributed by atoms with Gasteiger partial charge >= 0.3 is 11.9 Å². The Morgan fingerprint density at radius 1 is 0.377 bits per heavy atom. The molecule has 0 saturated carbocycles. The van der Waals surface area contributed by atoms with Crippen LogP contribution in [0.25, 0.3) is 0 Å². The van der Waals surface area contributed by atoms with E-state index in [9.17, 15) is 29.7 Å². The Kier molecular flexibility index (Phi) is 31.9. The van der Waals surface area contributed by atoms with E-state index in [2.05, 4.69) is 12.2 Å². The number of aliphatic hydroxyl groups is 3. The maximum atomic E-state index is 15.5. The van der Waals surface area contributed by atoms with Crippen LogP contribution in [0.15, 0.2) is 206 Å². The van der Waals surface area contributed by atoms with Crippen molar-refractivity contribution in [2.75, 3.05) is 33.0 Å². The van der Waals surface area contributed by atoms with E-state index >= 15 is 9.59 Å². The van der Waals surface area contributed by atoms with Crippen LogP contribution in [0.1, 0.15) is 120 Å². The highest BCUT2D eigenvalue weighted by molar-refractivity contribution is 6.21. The van der Waals surface area contributed by atoms with Gasteiger partial charge in [-0.25, -0.2) is 0 Å². The van der Waals surface area contributed by atoms with Crippen molar-refractivity contribution >= 4 is 29.7 Å². The summed E-state index contributed by atoms with van der Waals surface area (Å²) in [5.41, 5.74) is 4.81. The fourth-order valence-corrected chi connectivity index (χ4v) is 14.8. The molecule has 0 unspecified atom stereocenters.